The molecule has 0 radical (unpaired) electrons. The predicted molar refractivity (Wildman–Crippen MR) is 128 cm³/mol. The molecule has 0 aliphatic heterocycles. The number of aromatic nitrogens is 1. The second kappa shape index (κ2) is 11.3. The molecule has 0 aliphatic rings. The molecule has 4 nitrogen and oxygen atoms in total. The van der Waals surface area contributed by atoms with Gasteiger partial charge in [0.1, 0.15) is 23.7 Å². The molecule has 3 rings (SSSR count). The molecule has 0 aliphatic carbocycles. The average Bonchev–Trinajstić information content (AvgIpc) is 3.23. The number of carbonyl (C=O) groups is 1. The first-order valence-corrected chi connectivity index (χ1v) is 12.0. The molecular weight excluding hydrogens is 487 g/mol. The lowest BCUT2D eigenvalue weighted by molar-refractivity contribution is -0.137. The van der Waals surface area contributed by atoms with E-state index in [-0.39, 0.29) is 25.0 Å². The molecule has 1 atom stereocenters. The summed E-state index contributed by atoms with van der Waals surface area (Å²) in [6.07, 6.45) is -2.38. The molecule has 1 N–H and O–H groups in total. The predicted octanol–water partition coefficient (Wildman–Crippen LogP) is 6.89. The summed E-state index contributed by atoms with van der Waals surface area (Å²) in [5.74, 6) is 0.178. The second-order valence-corrected chi connectivity index (χ2v) is 9.59. The fraction of sp³-hybridized carbons (Fsp3) is 0.360. The molecule has 0 bridgehead atoms. The Morgan fingerprint density at radius 2 is 1.88 bits per heavy atom. The van der Waals surface area contributed by atoms with Gasteiger partial charge < -0.3 is 14.6 Å². The van der Waals surface area contributed by atoms with Gasteiger partial charge in [0, 0.05) is 16.4 Å². The molecule has 34 heavy (non-hydrogen) atoms. The molecule has 1 heterocycles. The van der Waals surface area contributed by atoms with Crippen LogP contribution < -0.4 is 4.74 Å². The van der Waals surface area contributed by atoms with Crippen molar-refractivity contribution >= 4 is 29.2 Å². The number of nitrogens with zero attached hydrogens (tertiary/aromatic N) is 1. The Morgan fingerprint density at radius 3 is 2.44 bits per heavy atom. The Hall–Kier alpha value is -2.42. The van der Waals surface area contributed by atoms with E-state index in [0.717, 1.165) is 34.6 Å². The zero-order valence-corrected chi connectivity index (χ0v) is 20.3. The first kappa shape index (κ1) is 26.2. The maximum absolute atomic E-state index is 12.9. The van der Waals surface area contributed by atoms with E-state index in [1.807, 2.05) is 13.8 Å². The van der Waals surface area contributed by atoms with Crippen molar-refractivity contribution in [1.82, 2.24) is 4.98 Å². The summed E-state index contributed by atoms with van der Waals surface area (Å²) in [4.78, 5) is 17.5. The number of alkyl halides is 3. The molecule has 0 saturated heterocycles. The SMILES string of the molecule is CC(C)c1nc(-c2ccc(C(F)(F)F)cc2)sc1CCC(C=O)c1ccc(OCCO)c(Cl)c1. The largest absolute Gasteiger partial charge is 0.490 e. The summed E-state index contributed by atoms with van der Waals surface area (Å²) < 4.78 is 44.0. The van der Waals surface area contributed by atoms with Gasteiger partial charge in [-0.1, -0.05) is 43.6 Å². The molecule has 0 amide bonds. The van der Waals surface area contributed by atoms with Crippen LogP contribution in [0.4, 0.5) is 13.2 Å². The van der Waals surface area contributed by atoms with Crippen LogP contribution in [0.5, 0.6) is 5.75 Å². The van der Waals surface area contributed by atoms with Crippen LogP contribution in [-0.4, -0.2) is 29.6 Å². The van der Waals surface area contributed by atoms with Crippen LogP contribution >= 0.6 is 22.9 Å². The first-order chi connectivity index (χ1) is 16.1. The maximum Gasteiger partial charge on any atom is 0.416 e. The number of hydrogen-bond acceptors (Lipinski definition) is 5. The Bertz CT molecular complexity index is 1110. The van der Waals surface area contributed by atoms with Gasteiger partial charge in [0.2, 0.25) is 0 Å². The molecule has 3 aromatic rings. The average molecular weight is 512 g/mol. The van der Waals surface area contributed by atoms with Crippen molar-refractivity contribution in [1.29, 1.82) is 0 Å². The van der Waals surface area contributed by atoms with Crippen LogP contribution in [0.15, 0.2) is 42.5 Å². The number of ether oxygens (including phenoxy) is 1. The van der Waals surface area contributed by atoms with Crippen molar-refractivity contribution < 1.29 is 27.8 Å². The number of aryl methyl sites for hydroxylation is 1. The topological polar surface area (TPSA) is 59.4 Å². The van der Waals surface area contributed by atoms with Gasteiger partial charge in [-0.05, 0) is 48.6 Å². The number of rotatable bonds is 10. The van der Waals surface area contributed by atoms with Crippen molar-refractivity contribution in [2.24, 2.45) is 0 Å². The van der Waals surface area contributed by atoms with E-state index in [4.69, 9.17) is 26.4 Å². The highest BCUT2D eigenvalue weighted by molar-refractivity contribution is 7.15. The summed E-state index contributed by atoms with van der Waals surface area (Å²) in [5.41, 5.74) is 1.57. The smallest absolute Gasteiger partial charge is 0.416 e. The minimum atomic E-state index is -4.38. The van der Waals surface area contributed by atoms with Crippen molar-refractivity contribution in [2.75, 3.05) is 13.2 Å². The number of thiazole rings is 1. The molecule has 182 valence electrons. The Balaban J connectivity index is 1.78. The molecule has 2 aromatic carbocycles. The van der Waals surface area contributed by atoms with E-state index in [0.29, 0.717) is 34.2 Å². The van der Waals surface area contributed by atoms with Crippen LogP contribution in [0.1, 0.15) is 53.8 Å². The van der Waals surface area contributed by atoms with E-state index in [1.54, 1.807) is 18.2 Å². The van der Waals surface area contributed by atoms with Crippen molar-refractivity contribution in [3.8, 4) is 16.3 Å². The van der Waals surface area contributed by atoms with E-state index < -0.39 is 11.7 Å². The highest BCUT2D eigenvalue weighted by Gasteiger charge is 2.30. The van der Waals surface area contributed by atoms with Gasteiger partial charge >= 0.3 is 6.18 Å². The Morgan fingerprint density at radius 1 is 1.18 bits per heavy atom. The lowest BCUT2D eigenvalue weighted by Crippen LogP contribution is -2.05. The van der Waals surface area contributed by atoms with E-state index in [1.165, 1.54) is 23.5 Å². The lowest BCUT2D eigenvalue weighted by Gasteiger charge is -2.13. The van der Waals surface area contributed by atoms with Gasteiger partial charge in [0.05, 0.1) is 22.9 Å². The highest BCUT2D eigenvalue weighted by atomic mass is 35.5. The normalized spacial score (nSPS) is 12.7. The maximum atomic E-state index is 12.9. The third-order valence-corrected chi connectivity index (χ3v) is 6.79. The third kappa shape index (κ3) is 6.37. The fourth-order valence-corrected chi connectivity index (χ4v) is 5.02. The lowest BCUT2D eigenvalue weighted by atomic mass is 9.94. The zero-order chi connectivity index (χ0) is 24.9. The summed E-state index contributed by atoms with van der Waals surface area (Å²) >= 11 is 7.70. The van der Waals surface area contributed by atoms with Gasteiger partial charge in [-0.25, -0.2) is 4.98 Å². The highest BCUT2D eigenvalue weighted by Crippen LogP contribution is 2.36. The molecule has 1 unspecified atom stereocenters. The molecule has 9 heteroatoms. The van der Waals surface area contributed by atoms with Gasteiger partial charge in [-0.3, -0.25) is 0 Å². The van der Waals surface area contributed by atoms with Crippen LogP contribution in [0, 0.1) is 0 Å². The van der Waals surface area contributed by atoms with E-state index in [9.17, 15) is 18.0 Å². The second-order valence-electron chi connectivity index (χ2n) is 8.10. The zero-order valence-electron chi connectivity index (χ0n) is 18.7. The number of aldehydes is 1. The minimum Gasteiger partial charge on any atom is -0.490 e. The summed E-state index contributed by atoms with van der Waals surface area (Å²) in [7, 11) is 0. The van der Waals surface area contributed by atoms with Gasteiger partial charge in [-0.2, -0.15) is 13.2 Å². The van der Waals surface area contributed by atoms with Crippen LogP contribution in [0.25, 0.3) is 10.6 Å². The first-order valence-electron chi connectivity index (χ1n) is 10.8. The number of hydrogen-bond donors (Lipinski definition) is 1. The summed E-state index contributed by atoms with van der Waals surface area (Å²) in [6, 6.07) is 10.1. The van der Waals surface area contributed by atoms with Crippen molar-refractivity contribution in [3.63, 3.8) is 0 Å². The number of carbonyl (C=O) groups excluding carboxylic acids is 1. The molecule has 0 spiro atoms. The number of aliphatic hydroxyl groups is 1. The van der Waals surface area contributed by atoms with Gasteiger partial charge in [0.25, 0.3) is 0 Å². The van der Waals surface area contributed by atoms with Crippen LogP contribution in [0.2, 0.25) is 5.02 Å². The van der Waals surface area contributed by atoms with Crippen molar-refractivity contribution in [2.45, 2.75) is 44.7 Å². The van der Waals surface area contributed by atoms with Crippen LogP contribution in [0.3, 0.4) is 0 Å². The minimum absolute atomic E-state index is 0.126. The molecule has 0 fully saturated rings. The Labute approximate surface area is 205 Å². The van der Waals surface area contributed by atoms with Crippen LogP contribution in [-0.2, 0) is 17.4 Å². The molecular formula is C25H25ClF3NO3S. The molecule has 0 saturated carbocycles. The van der Waals surface area contributed by atoms with Crippen molar-refractivity contribution in [3.05, 3.63) is 69.2 Å². The monoisotopic (exact) mass is 511 g/mol. The number of aliphatic hydroxyl groups excluding tert-OH is 1. The Kier molecular flexibility index (Phi) is 8.73. The standard InChI is InChI=1S/C25H25ClF3NO3S/c1-15(2)23-22(34-24(30-23)16-3-7-19(8-4-16)25(27,28)29)10-6-18(14-32)17-5-9-21(20(26)13-17)33-12-11-31/h3-5,7-9,13-15,18,31H,6,10-12H2,1-2H3. The van der Waals surface area contributed by atoms with E-state index >= 15 is 0 Å². The summed E-state index contributed by atoms with van der Waals surface area (Å²) in [6.45, 7) is 4.02. The van der Waals surface area contributed by atoms with Gasteiger partial charge in [0.15, 0.2) is 0 Å². The van der Waals surface area contributed by atoms with Gasteiger partial charge in [-0.15, -0.1) is 11.3 Å². The quantitative estimate of drug-likeness (QED) is 0.301. The number of halogens is 4. The number of benzene rings is 2. The summed E-state index contributed by atoms with van der Waals surface area (Å²) in [5, 5.41) is 9.91. The van der Waals surface area contributed by atoms with E-state index in [2.05, 4.69) is 0 Å². The molecule has 1 aromatic heterocycles. The third-order valence-electron chi connectivity index (χ3n) is 5.31. The fourth-order valence-electron chi connectivity index (χ4n) is 3.54.